The number of thioether (sulfide) groups is 1. The molecule has 0 bridgehead atoms. The van der Waals surface area contributed by atoms with Crippen molar-refractivity contribution in [3.63, 3.8) is 0 Å². The SMILES string of the molecule is CCCCCCCCCCCCC(CSC(C)CC)NN. The molecular formula is C18H40N2S. The van der Waals surface area contributed by atoms with Gasteiger partial charge in [-0.25, -0.2) is 0 Å². The van der Waals surface area contributed by atoms with E-state index in [1.807, 2.05) is 11.8 Å². The van der Waals surface area contributed by atoms with E-state index in [2.05, 4.69) is 26.2 Å². The van der Waals surface area contributed by atoms with E-state index in [4.69, 9.17) is 5.84 Å². The van der Waals surface area contributed by atoms with E-state index < -0.39 is 0 Å². The average Bonchev–Trinajstić information content (AvgIpc) is 2.51. The minimum Gasteiger partial charge on any atom is -0.271 e. The van der Waals surface area contributed by atoms with Crippen LogP contribution in [0.1, 0.15) is 97.8 Å². The Hall–Kier alpha value is 0.270. The fraction of sp³-hybridized carbons (Fsp3) is 1.00. The van der Waals surface area contributed by atoms with Crippen molar-refractivity contribution in [2.45, 2.75) is 109 Å². The lowest BCUT2D eigenvalue weighted by Crippen LogP contribution is -2.37. The number of nitrogens with one attached hydrogen (secondary N) is 1. The van der Waals surface area contributed by atoms with E-state index in [0.717, 1.165) is 11.0 Å². The first-order chi connectivity index (χ1) is 10.2. The number of rotatable bonds is 16. The Kier molecular flexibility index (Phi) is 16.9. The summed E-state index contributed by atoms with van der Waals surface area (Å²) in [6.07, 6.45) is 16.5. The van der Waals surface area contributed by atoms with Gasteiger partial charge in [-0.2, -0.15) is 11.8 Å². The number of hydrazine groups is 1. The lowest BCUT2D eigenvalue weighted by Gasteiger charge is -2.17. The van der Waals surface area contributed by atoms with Gasteiger partial charge in [0.05, 0.1) is 0 Å². The lowest BCUT2D eigenvalue weighted by molar-refractivity contribution is 0.489. The predicted molar refractivity (Wildman–Crippen MR) is 99.8 cm³/mol. The zero-order chi connectivity index (χ0) is 15.8. The second-order valence-corrected chi connectivity index (χ2v) is 7.86. The van der Waals surface area contributed by atoms with Crippen LogP contribution in [0.2, 0.25) is 0 Å². The van der Waals surface area contributed by atoms with Gasteiger partial charge in [0.25, 0.3) is 0 Å². The van der Waals surface area contributed by atoms with Gasteiger partial charge in [0.15, 0.2) is 0 Å². The highest BCUT2D eigenvalue weighted by Crippen LogP contribution is 2.17. The Labute approximate surface area is 138 Å². The fourth-order valence-electron chi connectivity index (χ4n) is 2.49. The molecule has 21 heavy (non-hydrogen) atoms. The molecule has 0 aromatic heterocycles. The Morgan fingerprint density at radius 2 is 1.38 bits per heavy atom. The van der Waals surface area contributed by atoms with E-state index in [1.54, 1.807) is 0 Å². The quantitative estimate of drug-likeness (QED) is 0.219. The minimum absolute atomic E-state index is 0.498. The van der Waals surface area contributed by atoms with Crippen LogP contribution in [0.15, 0.2) is 0 Å². The number of nitrogens with two attached hydrogens (primary N) is 1. The first-order valence-corrected chi connectivity index (χ1v) is 10.4. The van der Waals surface area contributed by atoms with Crippen molar-refractivity contribution in [3.8, 4) is 0 Å². The molecule has 128 valence electrons. The average molecular weight is 317 g/mol. The van der Waals surface area contributed by atoms with Gasteiger partial charge in [-0.1, -0.05) is 85.0 Å². The molecule has 2 nitrogen and oxygen atoms in total. The first-order valence-electron chi connectivity index (χ1n) is 9.32. The Balaban J connectivity index is 3.31. The Morgan fingerprint density at radius 1 is 0.857 bits per heavy atom. The van der Waals surface area contributed by atoms with E-state index in [0.29, 0.717) is 6.04 Å². The normalized spacial score (nSPS) is 14.3. The predicted octanol–water partition coefficient (Wildman–Crippen LogP) is 5.66. The summed E-state index contributed by atoms with van der Waals surface area (Å²) in [5, 5.41) is 0.758. The highest BCUT2D eigenvalue weighted by Gasteiger charge is 2.08. The molecule has 0 aromatic rings. The van der Waals surface area contributed by atoms with Crippen LogP contribution < -0.4 is 11.3 Å². The third-order valence-electron chi connectivity index (χ3n) is 4.30. The van der Waals surface area contributed by atoms with E-state index in [9.17, 15) is 0 Å². The van der Waals surface area contributed by atoms with Crippen LogP contribution in [0.25, 0.3) is 0 Å². The van der Waals surface area contributed by atoms with Crippen molar-refractivity contribution >= 4 is 11.8 Å². The van der Waals surface area contributed by atoms with Gasteiger partial charge >= 0.3 is 0 Å². The molecule has 0 amide bonds. The highest BCUT2D eigenvalue weighted by atomic mass is 32.2. The summed E-state index contributed by atoms with van der Waals surface area (Å²) in [5.74, 6) is 6.81. The third kappa shape index (κ3) is 15.0. The largest absolute Gasteiger partial charge is 0.271 e. The van der Waals surface area contributed by atoms with E-state index in [1.165, 1.54) is 77.0 Å². The monoisotopic (exact) mass is 316 g/mol. The maximum Gasteiger partial charge on any atom is 0.0301 e. The molecule has 0 radical (unpaired) electrons. The molecule has 3 N–H and O–H groups in total. The maximum absolute atomic E-state index is 5.66. The van der Waals surface area contributed by atoms with Gasteiger partial charge in [0, 0.05) is 17.0 Å². The summed E-state index contributed by atoms with van der Waals surface area (Å²) in [5.41, 5.74) is 2.99. The maximum atomic E-state index is 5.66. The van der Waals surface area contributed by atoms with Crippen LogP contribution >= 0.6 is 11.8 Å². The molecule has 0 fully saturated rings. The standard InChI is InChI=1S/C18H40N2S/c1-4-6-7-8-9-10-11-12-13-14-15-18(20-19)16-21-17(3)5-2/h17-18,20H,4-16,19H2,1-3H3. The van der Waals surface area contributed by atoms with Crippen LogP contribution in [0.3, 0.4) is 0 Å². The van der Waals surface area contributed by atoms with Crippen molar-refractivity contribution in [3.05, 3.63) is 0 Å². The van der Waals surface area contributed by atoms with E-state index in [-0.39, 0.29) is 0 Å². The summed E-state index contributed by atoms with van der Waals surface area (Å²) in [6, 6.07) is 0.498. The van der Waals surface area contributed by atoms with Gasteiger partial charge in [-0.3, -0.25) is 11.3 Å². The van der Waals surface area contributed by atoms with Crippen molar-refractivity contribution in [1.29, 1.82) is 0 Å². The molecule has 0 aliphatic carbocycles. The van der Waals surface area contributed by atoms with Crippen LogP contribution in [-0.4, -0.2) is 17.0 Å². The summed E-state index contributed by atoms with van der Waals surface area (Å²) in [7, 11) is 0. The number of hydrogen-bond donors (Lipinski definition) is 2. The molecule has 0 aliphatic heterocycles. The second kappa shape index (κ2) is 16.6. The topological polar surface area (TPSA) is 38.0 Å². The zero-order valence-corrected chi connectivity index (χ0v) is 15.6. The summed E-state index contributed by atoms with van der Waals surface area (Å²) in [4.78, 5) is 0. The molecule has 3 heteroatoms. The number of unbranched alkanes of at least 4 members (excludes halogenated alkanes) is 9. The molecule has 0 aliphatic rings. The van der Waals surface area contributed by atoms with Crippen molar-refractivity contribution in [2.75, 3.05) is 5.75 Å². The summed E-state index contributed by atoms with van der Waals surface area (Å²) in [6.45, 7) is 6.84. The Morgan fingerprint density at radius 3 is 1.86 bits per heavy atom. The third-order valence-corrected chi connectivity index (χ3v) is 5.80. The van der Waals surface area contributed by atoms with Gasteiger partial charge in [-0.15, -0.1) is 0 Å². The molecule has 2 atom stereocenters. The van der Waals surface area contributed by atoms with Crippen molar-refractivity contribution in [2.24, 2.45) is 5.84 Å². The number of hydrogen-bond acceptors (Lipinski definition) is 3. The molecular weight excluding hydrogens is 276 g/mol. The molecule has 0 saturated carbocycles. The van der Waals surface area contributed by atoms with Gasteiger partial charge in [0.1, 0.15) is 0 Å². The lowest BCUT2D eigenvalue weighted by atomic mass is 10.0. The van der Waals surface area contributed by atoms with Gasteiger partial charge in [-0.05, 0) is 12.8 Å². The smallest absolute Gasteiger partial charge is 0.0301 e. The zero-order valence-electron chi connectivity index (χ0n) is 14.8. The van der Waals surface area contributed by atoms with Crippen molar-refractivity contribution in [1.82, 2.24) is 5.43 Å². The van der Waals surface area contributed by atoms with Crippen LogP contribution in [0.4, 0.5) is 0 Å². The van der Waals surface area contributed by atoms with Crippen LogP contribution in [-0.2, 0) is 0 Å². The van der Waals surface area contributed by atoms with Crippen molar-refractivity contribution < 1.29 is 0 Å². The first kappa shape index (κ1) is 21.3. The summed E-state index contributed by atoms with van der Waals surface area (Å²) >= 11 is 2.05. The van der Waals surface area contributed by atoms with Crippen LogP contribution in [0.5, 0.6) is 0 Å². The molecule has 0 spiro atoms. The van der Waals surface area contributed by atoms with Gasteiger partial charge in [0.2, 0.25) is 0 Å². The minimum atomic E-state index is 0.498. The molecule has 2 unspecified atom stereocenters. The highest BCUT2D eigenvalue weighted by molar-refractivity contribution is 7.99. The Bertz CT molecular complexity index is 200. The molecule has 0 saturated heterocycles. The second-order valence-electron chi connectivity index (χ2n) is 6.39. The van der Waals surface area contributed by atoms with E-state index >= 15 is 0 Å². The molecule has 0 rings (SSSR count). The summed E-state index contributed by atoms with van der Waals surface area (Å²) < 4.78 is 0. The fourth-order valence-corrected chi connectivity index (χ4v) is 3.55. The molecule has 0 heterocycles. The van der Waals surface area contributed by atoms with Gasteiger partial charge < -0.3 is 0 Å². The van der Waals surface area contributed by atoms with Crippen LogP contribution in [0, 0.1) is 0 Å². The molecule has 0 aromatic carbocycles.